The van der Waals surface area contributed by atoms with Gasteiger partial charge in [-0.25, -0.2) is 0 Å². The highest BCUT2D eigenvalue weighted by molar-refractivity contribution is 5.26. The quantitative estimate of drug-likeness (QED) is 0.488. The summed E-state index contributed by atoms with van der Waals surface area (Å²) in [6.07, 6.45) is 2.75. The highest BCUT2D eigenvalue weighted by Crippen LogP contribution is 2.11. The van der Waals surface area contributed by atoms with Gasteiger partial charge in [-0.3, -0.25) is 0 Å². The van der Waals surface area contributed by atoms with Gasteiger partial charge in [0.05, 0.1) is 6.61 Å². The molecule has 0 bridgehead atoms. The van der Waals surface area contributed by atoms with Gasteiger partial charge < -0.3 is 4.74 Å². The molecule has 0 aromatic heterocycles. The van der Waals surface area contributed by atoms with Crippen LogP contribution < -0.4 is 4.74 Å². The standard InChI is InChI=1S/C11H14O/c1-3-4-9-12-11-7-5-10(2)6-8-11/h3,5-8H,1,4,9H2,2H3. The van der Waals surface area contributed by atoms with E-state index in [1.54, 1.807) is 0 Å². The first-order valence-electron chi connectivity index (χ1n) is 4.13. The Balaban J connectivity index is 2.42. The van der Waals surface area contributed by atoms with Gasteiger partial charge in [0.15, 0.2) is 0 Å². The molecule has 1 aromatic rings. The van der Waals surface area contributed by atoms with E-state index < -0.39 is 0 Å². The zero-order valence-corrected chi connectivity index (χ0v) is 7.42. The molecule has 0 N–H and O–H groups in total. The van der Waals surface area contributed by atoms with E-state index in [1.807, 2.05) is 30.3 Å². The summed E-state index contributed by atoms with van der Waals surface area (Å²) in [7, 11) is 0. The van der Waals surface area contributed by atoms with Crippen molar-refractivity contribution in [3.8, 4) is 5.75 Å². The molecule has 0 spiro atoms. The van der Waals surface area contributed by atoms with E-state index in [-0.39, 0.29) is 0 Å². The summed E-state index contributed by atoms with van der Waals surface area (Å²) in [5.41, 5.74) is 1.26. The molecule has 0 saturated carbocycles. The van der Waals surface area contributed by atoms with Crippen LogP contribution in [0.15, 0.2) is 36.9 Å². The second-order valence-corrected chi connectivity index (χ2v) is 2.74. The molecular formula is C11H14O. The Morgan fingerprint density at radius 2 is 2.00 bits per heavy atom. The van der Waals surface area contributed by atoms with Crippen molar-refractivity contribution in [2.24, 2.45) is 0 Å². The van der Waals surface area contributed by atoms with Crippen LogP contribution >= 0.6 is 0 Å². The third-order valence-electron chi connectivity index (χ3n) is 1.61. The molecule has 0 aliphatic carbocycles. The number of hydrogen-bond acceptors (Lipinski definition) is 1. The van der Waals surface area contributed by atoms with Crippen LogP contribution in [0.3, 0.4) is 0 Å². The van der Waals surface area contributed by atoms with Gasteiger partial charge in [-0.2, -0.15) is 0 Å². The monoisotopic (exact) mass is 162 g/mol. The number of hydrogen-bond donors (Lipinski definition) is 0. The third-order valence-corrected chi connectivity index (χ3v) is 1.61. The second kappa shape index (κ2) is 4.60. The van der Waals surface area contributed by atoms with Gasteiger partial charge in [0.25, 0.3) is 0 Å². The van der Waals surface area contributed by atoms with Crippen molar-refractivity contribution in [2.45, 2.75) is 13.3 Å². The third kappa shape index (κ3) is 2.79. The van der Waals surface area contributed by atoms with Crippen molar-refractivity contribution in [1.82, 2.24) is 0 Å². The van der Waals surface area contributed by atoms with Crippen molar-refractivity contribution in [1.29, 1.82) is 0 Å². The van der Waals surface area contributed by atoms with Crippen LogP contribution in [0, 0.1) is 6.92 Å². The van der Waals surface area contributed by atoms with Crippen molar-refractivity contribution in [2.75, 3.05) is 6.61 Å². The van der Waals surface area contributed by atoms with Gasteiger partial charge >= 0.3 is 0 Å². The van der Waals surface area contributed by atoms with E-state index in [0.717, 1.165) is 12.2 Å². The molecule has 0 aliphatic rings. The van der Waals surface area contributed by atoms with Crippen LogP contribution in [0.5, 0.6) is 5.75 Å². The van der Waals surface area contributed by atoms with E-state index in [2.05, 4.69) is 13.5 Å². The number of benzene rings is 1. The Morgan fingerprint density at radius 3 is 2.58 bits per heavy atom. The minimum absolute atomic E-state index is 0.715. The highest BCUT2D eigenvalue weighted by atomic mass is 16.5. The Morgan fingerprint density at radius 1 is 1.33 bits per heavy atom. The molecule has 0 unspecified atom stereocenters. The van der Waals surface area contributed by atoms with Crippen LogP contribution in [0.25, 0.3) is 0 Å². The normalized spacial score (nSPS) is 9.42. The summed E-state index contributed by atoms with van der Waals surface area (Å²) in [6.45, 7) is 6.40. The fourth-order valence-corrected chi connectivity index (χ4v) is 0.895. The fraction of sp³-hybridized carbons (Fsp3) is 0.273. The highest BCUT2D eigenvalue weighted by Gasteiger charge is 1.90. The van der Waals surface area contributed by atoms with Crippen molar-refractivity contribution < 1.29 is 4.74 Å². The summed E-state index contributed by atoms with van der Waals surface area (Å²) in [4.78, 5) is 0. The van der Waals surface area contributed by atoms with Crippen molar-refractivity contribution in [3.63, 3.8) is 0 Å². The van der Waals surface area contributed by atoms with Crippen molar-refractivity contribution in [3.05, 3.63) is 42.5 Å². The average molecular weight is 162 g/mol. The molecule has 64 valence electrons. The smallest absolute Gasteiger partial charge is 0.119 e. The molecule has 1 rings (SSSR count). The lowest BCUT2D eigenvalue weighted by Gasteiger charge is -2.03. The number of rotatable bonds is 4. The number of aryl methyl sites for hydroxylation is 1. The molecule has 1 aromatic carbocycles. The summed E-state index contributed by atoms with van der Waals surface area (Å²) >= 11 is 0. The first-order valence-corrected chi connectivity index (χ1v) is 4.13. The molecule has 12 heavy (non-hydrogen) atoms. The summed E-state index contributed by atoms with van der Waals surface area (Å²) in [6, 6.07) is 8.06. The van der Waals surface area contributed by atoms with Crippen LogP contribution in [-0.4, -0.2) is 6.61 Å². The van der Waals surface area contributed by atoms with Gasteiger partial charge in [-0.05, 0) is 25.5 Å². The minimum atomic E-state index is 0.715. The lowest BCUT2D eigenvalue weighted by Crippen LogP contribution is -1.94. The van der Waals surface area contributed by atoms with Crippen LogP contribution in [0.2, 0.25) is 0 Å². The predicted octanol–water partition coefficient (Wildman–Crippen LogP) is 2.95. The van der Waals surface area contributed by atoms with E-state index in [9.17, 15) is 0 Å². The first-order chi connectivity index (χ1) is 5.83. The predicted molar refractivity (Wildman–Crippen MR) is 51.5 cm³/mol. The first kappa shape index (κ1) is 8.85. The maximum Gasteiger partial charge on any atom is 0.119 e. The second-order valence-electron chi connectivity index (χ2n) is 2.74. The zero-order chi connectivity index (χ0) is 8.81. The topological polar surface area (TPSA) is 9.23 Å². The van der Waals surface area contributed by atoms with Crippen LogP contribution in [0.4, 0.5) is 0 Å². The Bertz CT molecular complexity index is 236. The molecule has 0 radical (unpaired) electrons. The number of ether oxygens (including phenoxy) is 1. The lowest BCUT2D eigenvalue weighted by atomic mass is 10.2. The molecule has 0 heterocycles. The van der Waals surface area contributed by atoms with E-state index >= 15 is 0 Å². The van der Waals surface area contributed by atoms with Gasteiger partial charge in [0.1, 0.15) is 5.75 Å². The molecule has 0 aliphatic heterocycles. The van der Waals surface area contributed by atoms with Gasteiger partial charge in [0, 0.05) is 0 Å². The van der Waals surface area contributed by atoms with E-state index in [1.165, 1.54) is 5.56 Å². The lowest BCUT2D eigenvalue weighted by molar-refractivity contribution is 0.325. The van der Waals surface area contributed by atoms with E-state index in [4.69, 9.17) is 4.74 Å². The van der Waals surface area contributed by atoms with Crippen molar-refractivity contribution >= 4 is 0 Å². The molecular weight excluding hydrogens is 148 g/mol. The molecule has 0 atom stereocenters. The Kier molecular flexibility index (Phi) is 3.39. The minimum Gasteiger partial charge on any atom is -0.493 e. The molecule has 1 nitrogen and oxygen atoms in total. The van der Waals surface area contributed by atoms with Crippen LogP contribution in [-0.2, 0) is 0 Å². The fourth-order valence-electron chi connectivity index (χ4n) is 0.895. The maximum atomic E-state index is 5.43. The summed E-state index contributed by atoms with van der Waals surface area (Å²) in [5, 5.41) is 0. The van der Waals surface area contributed by atoms with Gasteiger partial charge in [-0.1, -0.05) is 23.8 Å². The summed E-state index contributed by atoms with van der Waals surface area (Å²) in [5.74, 6) is 0.933. The maximum absolute atomic E-state index is 5.43. The zero-order valence-electron chi connectivity index (χ0n) is 7.42. The van der Waals surface area contributed by atoms with E-state index in [0.29, 0.717) is 6.61 Å². The van der Waals surface area contributed by atoms with Gasteiger partial charge in [-0.15, -0.1) is 6.58 Å². The Hall–Kier alpha value is -1.24. The largest absolute Gasteiger partial charge is 0.493 e. The van der Waals surface area contributed by atoms with Gasteiger partial charge in [0.2, 0.25) is 0 Å². The molecule has 0 fully saturated rings. The SMILES string of the molecule is C=CCCOc1ccc(C)cc1. The average Bonchev–Trinajstić information content (AvgIpc) is 2.09. The van der Waals surface area contributed by atoms with Crippen LogP contribution in [0.1, 0.15) is 12.0 Å². The molecule has 0 amide bonds. The summed E-state index contributed by atoms with van der Waals surface area (Å²) < 4.78 is 5.43. The molecule has 1 heteroatoms. The Labute approximate surface area is 73.7 Å². The molecule has 0 saturated heterocycles.